The van der Waals surface area contributed by atoms with Crippen molar-refractivity contribution >= 4 is 0 Å². The first-order valence-corrected chi connectivity index (χ1v) is 6.04. The lowest BCUT2D eigenvalue weighted by atomic mass is 9.99. The topological polar surface area (TPSA) is 39.1 Å². The standard InChI is InChI=1S/C12H21N3O/c1-10-8-14-12(15(10)6-7-16-2)11-4-3-5-13-9-11/h8,11,13H,3-7,9H2,1-2H3. The van der Waals surface area contributed by atoms with Crippen molar-refractivity contribution < 1.29 is 4.74 Å². The molecule has 2 heterocycles. The third kappa shape index (κ3) is 2.44. The number of nitrogens with zero attached hydrogens (tertiary/aromatic N) is 2. The number of hydrogen-bond donors (Lipinski definition) is 1. The van der Waals surface area contributed by atoms with Gasteiger partial charge in [0.2, 0.25) is 0 Å². The number of aromatic nitrogens is 2. The predicted octanol–water partition coefficient (Wildman–Crippen LogP) is 1.30. The minimum atomic E-state index is 0.569. The van der Waals surface area contributed by atoms with Crippen LogP contribution in [-0.4, -0.2) is 36.4 Å². The molecule has 1 aromatic rings. The number of ether oxygens (including phenoxy) is 1. The van der Waals surface area contributed by atoms with Crippen molar-refractivity contribution in [3.05, 3.63) is 17.7 Å². The van der Waals surface area contributed by atoms with Crippen LogP contribution in [0.3, 0.4) is 0 Å². The summed E-state index contributed by atoms with van der Waals surface area (Å²) < 4.78 is 7.44. The maximum Gasteiger partial charge on any atom is 0.113 e. The molecular weight excluding hydrogens is 202 g/mol. The van der Waals surface area contributed by atoms with E-state index in [0.717, 1.165) is 26.2 Å². The summed E-state index contributed by atoms with van der Waals surface area (Å²) in [5.74, 6) is 1.79. The Morgan fingerprint density at radius 3 is 3.19 bits per heavy atom. The Balaban J connectivity index is 2.12. The molecule has 2 rings (SSSR count). The van der Waals surface area contributed by atoms with Crippen molar-refractivity contribution in [1.29, 1.82) is 0 Å². The molecular formula is C12H21N3O. The summed E-state index contributed by atoms with van der Waals surface area (Å²) in [6, 6.07) is 0. The molecule has 0 spiro atoms. The van der Waals surface area contributed by atoms with Crippen molar-refractivity contribution in [3.63, 3.8) is 0 Å². The van der Waals surface area contributed by atoms with E-state index >= 15 is 0 Å². The van der Waals surface area contributed by atoms with Gasteiger partial charge in [0.05, 0.1) is 6.61 Å². The van der Waals surface area contributed by atoms with Gasteiger partial charge in [0.25, 0.3) is 0 Å². The van der Waals surface area contributed by atoms with E-state index in [1.54, 1.807) is 7.11 Å². The van der Waals surface area contributed by atoms with Gasteiger partial charge in [-0.3, -0.25) is 0 Å². The van der Waals surface area contributed by atoms with Crippen LogP contribution < -0.4 is 5.32 Å². The van der Waals surface area contributed by atoms with E-state index in [9.17, 15) is 0 Å². The SMILES string of the molecule is COCCn1c(C)cnc1C1CCCNC1. The Labute approximate surface area is 97.0 Å². The minimum absolute atomic E-state index is 0.569. The van der Waals surface area contributed by atoms with Crippen molar-refractivity contribution in [2.75, 3.05) is 26.8 Å². The Kier molecular flexibility index (Phi) is 3.96. The smallest absolute Gasteiger partial charge is 0.113 e. The van der Waals surface area contributed by atoms with E-state index in [-0.39, 0.29) is 0 Å². The van der Waals surface area contributed by atoms with Gasteiger partial charge in [-0.1, -0.05) is 0 Å². The summed E-state index contributed by atoms with van der Waals surface area (Å²) in [7, 11) is 1.74. The molecule has 0 bridgehead atoms. The average molecular weight is 223 g/mol. The Morgan fingerprint density at radius 1 is 1.62 bits per heavy atom. The summed E-state index contributed by atoms with van der Waals surface area (Å²) in [6.45, 7) is 5.98. The van der Waals surface area contributed by atoms with Crippen LogP contribution in [0.1, 0.15) is 30.3 Å². The largest absolute Gasteiger partial charge is 0.383 e. The highest BCUT2D eigenvalue weighted by atomic mass is 16.5. The lowest BCUT2D eigenvalue weighted by Crippen LogP contribution is -2.30. The van der Waals surface area contributed by atoms with Crippen molar-refractivity contribution in [2.45, 2.75) is 32.2 Å². The van der Waals surface area contributed by atoms with Gasteiger partial charge in [0, 0.05) is 38.0 Å². The lowest BCUT2D eigenvalue weighted by molar-refractivity contribution is 0.185. The molecule has 1 saturated heterocycles. The number of rotatable bonds is 4. The molecule has 1 aliphatic heterocycles. The summed E-state index contributed by atoms with van der Waals surface area (Å²) >= 11 is 0. The second-order valence-electron chi connectivity index (χ2n) is 4.45. The molecule has 1 N–H and O–H groups in total. The third-order valence-electron chi connectivity index (χ3n) is 3.27. The zero-order valence-electron chi connectivity index (χ0n) is 10.2. The number of imidazole rings is 1. The Hall–Kier alpha value is -0.870. The summed E-state index contributed by atoms with van der Waals surface area (Å²) in [4.78, 5) is 4.56. The number of hydrogen-bond acceptors (Lipinski definition) is 3. The van der Waals surface area contributed by atoms with Crippen LogP contribution in [0.5, 0.6) is 0 Å². The molecule has 4 nitrogen and oxygen atoms in total. The molecule has 1 aromatic heterocycles. The zero-order valence-corrected chi connectivity index (χ0v) is 10.2. The number of methoxy groups -OCH3 is 1. The molecule has 0 aromatic carbocycles. The second kappa shape index (κ2) is 5.46. The second-order valence-corrected chi connectivity index (χ2v) is 4.45. The van der Waals surface area contributed by atoms with Crippen LogP contribution in [0.25, 0.3) is 0 Å². The monoisotopic (exact) mass is 223 g/mol. The van der Waals surface area contributed by atoms with Crippen LogP contribution in [0.4, 0.5) is 0 Å². The van der Waals surface area contributed by atoms with Gasteiger partial charge in [-0.25, -0.2) is 4.98 Å². The quantitative estimate of drug-likeness (QED) is 0.836. The predicted molar refractivity (Wildman–Crippen MR) is 63.7 cm³/mol. The molecule has 16 heavy (non-hydrogen) atoms. The molecule has 90 valence electrons. The minimum Gasteiger partial charge on any atom is -0.383 e. The summed E-state index contributed by atoms with van der Waals surface area (Å²) in [5, 5.41) is 3.44. The van der Waals surface area contributed by atoms with Crippen molar-refractivity contribution in [3.8, 4) is 0 Å². The van der Waals surface area contributed by atoms with Gasteiger partial charge in [-0.2, -0.15) is 0 Å². The first kappa shape index (κ1) is 11.6. The van der Waals surface area contributed by atoms with E-state index in [1.807, 2.05) is 6.20 Å². The number of nitrogens with one attached hydrogen (secondary N) is 1. The molecule has 0 aliphatic carbocycles. The molecule has 1 atom stereocenters. The highest BCUT2D eigenvalue weighted by Gasteiger charge is 2.20. The van der Waals surface area contributed by atoms with Gasteiger partial charge < -0.3 is 14.6 Å². The fourth-order valence-corrected chi connectivity index (χ4v) is 2.35. The maximum absolute atomic E-state index is 5.15. The van der Waals surface area contributed by atoms with E-state index < -0.39 is 0 Å². The lowest BCUT2D eigenvalue weighted by Gasteiger charge is -2.23. The van der Waals surface area contributed by atoms with Gasteiger partial charge in [0.15, 0.2) is 0 Å². The molecule has 4 heteroatoms. The average Bonchev–Trinajstić information content (AvgIpc) is 2.69. The molecule has 1 unspecified atom stereocenters. The third-order valence-corrected chi connectivity index (χ3v) is 3.27. The van der Waals surface area contributed by atoms with Crippen LogP contribution in [0.15, 0.2) is 6.20 Å². The first-order chi connectivity index (χ1) is 7.83. The zero-order chi connectivity index (χ0) is 11.4. The van der Waals surface area contributed by atoms with Crippen molar-refractivity contribution in [1.82, 2.24) is 14.9 Å². The highest BCUT2D eigenvalue weighted by molar-refractivity contribution is 5.09. The van der Waals surface area contributed by atoms with Crippen molar-refractivity contribution in [2.24, 2.45) is 0 Å². The van der Waals surface area contributed by atoms with Crippen LogP contribution in [-0.2, 0) is 11.3 Å². The highest BCUT2D eigenvalue weighted by Crippen LogP contribution is 2.22. The summed E-state index contributed by atoms with van der Waals surface area (Å²) in [5.41, 5.74) is 1.23. The molecule has 0 radical (unpaired) electrons. The van der Waals surface area contributed by atoms with E-state index in [1.165, 1.54) is 24.4 Å². The van der Waals surface area contributed by atoms with Gasteiger partial charge in [-0.15, -0.1) is 0 Å². The Bertz CT molecular complexity index is 329. The van der Waals surface area contributed by atoms with E-state index in [0.29, 0.717) is 5.92 Å². The molecule has 1 aliphatic rings. The van der Waals surface area contributed by atoms with Crippen LogP contribution in [0.2, 0.25) is 0 Å². The van der Waals surface area contributed by atoms with E-state index in [4.69, 9.17) is 4.74 Å². The van der Waals surface area contributed by atoms with E-state index in [2.05, 4.69) is 21.8 Å². The molecule has 0 amide bonds. The fraction of sp³-hybridized carbons (Fsp3) is 0.750. The maximum atomic E-state index is 5.15. The van der Waals surface area contributed by atoms with Gasteiger partial charge in [-0.05, 0) is 26.3 Å². The van der Waals surface area contributed by atoms with Crippen LogP contribution >= 0.6 is 0 Å². The number of aryl methyl sites for hydroxylation is 1. The fourth-order valence-electron chi connectivity index (χ4n) is 2.35. The molecule has 1 fully saturated rings. The number of piperidine rings is 1. The normalized spacial score (nSPS) is 21.2. The van der Waals surface area contributed by atoms with Crippen LogP contribution in [0, 0.1) is 6.92 Å². The van der Waals surface area contributed by atoms with Gasteiger partial charge >= 0.3 is 0 Å². The Morgan fingerprint density at radius 2 is 2.50 bits per heavy atom. The molecule has 0 saturated carbocycles. The van der Waals surface area contributed by atoms with Gasteiger partial charge in [0.1, 0.15) is 5.82 Å². The first-order valence-electron chi connectivity index (χ1n) is 6.04. The summed E-state index contributed by atoms with van der Waals surface area (Å²) in [6.07, 6.45) is 4.47.